The minimum atomic E-state index is -0.184. The first-order valence-corrected chi connectivity index (χ1v) is 5.04. The van der Waals surface area contributed by atoms with Crippen LogP contribution in [0.5, 0.6) is 0 Å². The molecule has 17 heavy (non-hydrogen) atoms. The van der Waals surface area contributed by atoms with Gasteiger partial charge in [0.25, 0.3) is 5.91 Å². The van der Waals surface area contributed by atoms with Crippen molar-refractivity contribution in [1.82, 2.24) is 25.5 Å². The average Bonchev–Trinajstić information content (AvgIpc) is 2.89. The van der Waals surface area contributed by atoms with Gasteiger partial charge in [0, 0.05) is 6.54 Å². The first kappa shape index (κ1) is 11.0. The fourth-order valence-electron chi connectivity index (χ4n) is 1.40. The molecule has 2 aromatic rings. The summed E-state index contributed by atoms with van der Waals surface area (Å²) in [7, 11) is 0. The minimum Gasteiger partial charge on any atom is -0.349 e. The van der Waals surface area contributed by atoms with E-state index in [1.165, 1.54) is 11.0 Å². The smallest absolute Gasteiger partial charge is 0.253 e. The van der Waals surface area contributed by atoms with Gasteiger partial charge in [-0.05, 0) is 22.6 Å². The van der Waals surface area contributed by atoms with Crippen LogP contribution in [-0.2, 0) is 0 Å². The van der Waals surface area contributed by atoms with Crippen LogP contribution >= 0.6 is 0 Å². The monoisotopic (exact) mass is 229 g/mol. The van der Waals surface area contributed by atoms with Crippen LogP contribution in [0.3, 0.4) is 0 Å². The highest BCUT2D eigenvalue weighted by Crippen LogP contribution is 2.12. The van der Waals surface area contributed by atoms with Crippen LogP contribution in [0.25, 0.3) is 5.69 Å². The second-order valence-corrected chi connectivity index (χ2v) is 3.27. The predicted molar refractivity (Wildman–Crippen MR) is 61.7 cm³/mol. The van der Waals surface area contributed by atoms with Gasteiger partial charge in [-0.2, -0.15) is 4.68 Å². The summed E-state index contributed by atoms with van der Waals surface area (Å²) in [4.78, 5) is 11.9. The third-order valence-corrected chi connectivity index (χ3v) is 2.15. The molecule has 1 N–H and O–H groups in total. The van der Waals surface area contributed by atoms with Crippen molar-refractivity contribution in [2.24, 2.45) is 0 Å². The SMILES string of the molecule is C=CCNC(=O)c1ccccc1-n1cnnn1. The number of carbonyl (C=O) groups is 1. The number of rotatable bonds is 4. The molecule has 0 spiro atoms. The molecule has 0 saturated heterocycles. The molecule has 0 atom stereocenters. The number of carbonyl (C=O) groups excluding carboxylic acids is 1. The largest absolute Gasteiger partial charge is 0.349 e. The number of nitrogens with zero attached hydrogens (tertiary/aromatic N) is 4. The second-order valence-electron chi connectivity index (χ2n) is 3.27. The number of benzene rings is 1. The van der Waals surface area contributed by atoms with E-state index in [9.17, 15) is 4.79 Å². The quantitative estimate of drug-likeness (QED) is 0.778. The second kappa shape index (κ2) is 5.02. The summed E-state index contributed by atoms with van der Waals surface area (Å²) in [5, 5.41) is 13.6. The summed E-state index contributed by atoms with van der Waals surface area (Å²) < 4.78 is 1.45. The van der Waals surface area contributed by atoms with Crippen molar-refractivity contribution < 1.29 is 4.79 Å². The van der Waals surface area contributed by atoms with Gasteiger partial charge < -0.3 is 5.32 Å². The highest BCUT2D eigenvalue weighted by atomic mass is 16.1. The van der Waals surface area contributed by atoms with Gasteiger partial charge in [-0.1, -0.05) is 18.2 Å². The van der Waals surface area contributed by atoms with Gasteiger partial charge >= 0.3 is 0 Å². The number of hydrogen-bond donors (Lipinski definition) is 1. The summed E-state index contributed by atoms with van der Waals surface area (Å²) in [5.41, 5.74) is 1.15. The van der Waals surface area contributed by atoms with Gasteiger partial charge in [-0.15, -0.1) is 11.7 Å². The molecule has 0 bridgehead atoms. The molecule has 2 rings (SSSR count). The Hall–Kier alpha value is -2.50. The topological polar surface area (TPSA) is 72.7 Å². The number of tetrazole rings is 1. The summed E-state index contributed by atoms with van der Waals surface area (Å²) >= 11 is 0. The van der Waals surface area contributed by atoms with Crippen LogP contribution in [0.2, 0.25) is 0 Å². The zero-order valence-electron chi connectivity index (χ0n) is 9.08. The van der Waals surface area contributed by atoms with E-state index in [4.69, 9.17) is 0 Å². The standard InChI is InChI=1S/C11H11N5O/c1-2-7-12-11(17)9-5-3-4-6-10(9)16-8-13-14-15-16/h2-6,8H,1,7H2,(H,12,17). The van der Waals surface area contributed by atoms with Crippen LogP contribution in [0.1, 0.15) is 10.4 Å². The molecule has 0 saturated carbocycles. The zero-order valence-corrected chi connectivity index (χ0v) is 9.08. The maximum Gasteiger partial charge on any atom is 0.253 e. The Morgan fingerprint density at radius 2 is 2.29 bits per heavy atom. The lowest BCUT2D eigenvalue weighted by Gasteiger charge is -2.07. The number of amides is 1. The van der Waals surface area contributed by atoms with Crippen LogP contribution < -0.4 is 5.32 Å². The Morgan fingerprint density at radius 3 is 3.00 bits per heavy atom. The van der Waals surface area contributed by atoms with Gasteiger partial charge in [0.2, 0.25) is 0 Å². The highest BCUT2D eigenvalue weighted by Gasteiger charge is 2.11. The lowest BCUT2D eigenvalue weighted by Crippen LogP contribution is -2.24. The highest BCUT2D eigenvalue weighted by molar-refractivity contribution is 5.97. The molecule has 0 aliphatic carbocycles. The van der Waals surface area contributed by atoms with Crippen molar-refractivity contribution >= 4 is 5.91 Å². The van der Waals surface area contributed by atoms with Crippen molar-refractivity contribution in [3.63, 3.8) is 0 Å². The Balaban J connectivity index is 2.34. The molecular formula is C11H11N5O. The van der Waals surface area contributed by atoms with E-state index in [1.807, 2.05) is 6.07 Å². The summed E-state index contributed by atoms with van der Waals surface area (Å²) in [6.45, 7) is 3.97. The Bertz CT molecular complexity index is 520. The molecular weight excluding hydrogens is 218 g/mol. The van der Waals surface area contributed by atoms with Crippen LogP contribution in [0, 0.1) is 0 Å². The van der Waals surface area contributed by atoms with E-state index in [0.717, 1.165) is 0 Å². The van der Waals surface area contributed by atoms with Crippen LogP contribution in [0.15, 0.2) is 43.2 Å². The number of para-hydroxylation sites is 1. The van der Waals surface area contributed by atoms with Crippen LogP contribution in [0.4, 0.5) is 0 Å². The lowest BCUT2D eigenvalue weighted by atomic mass is 10.1. The summed E-state index contributed by atoms with van der Waals surface area (Å²) in [6.07, 6.45) is 3.07. The van der Waals surface area contributed by atoms with Crippen molar-refractivity contribution in [1.29, 1.82) is 0 Å². The van der Waals surface area contributed by atoms with E-state index < -0.39 is 0 Å². The van der Waals surface area contributed by atoms with E-state index in [1.54, 1.807) is 24.3 Å². The molecule has 0 aliphatic rings. The van der Waals surface area contributed by atoms with Gasteiger partial charge in [-0.25, -0.2) is 0 Å². The Kier molecular flexibility index (Phi) is 3.25. The van der Waals surface area contributed by atoms with E-state index in [-0.39, 0.29) is 5.91 Å². The molecule has 86 valence electrons. The molecule has 1 heterocycles. The molecule has 1 amide bonds. The fourth-order valence-corrected chi connectivity index (χ4v) is 1.40. The molecule has 6 heteroatoms. The summed E-state index contributed by atoms with van der Waals surface area (Å²) in [6, 6.07) is 7.10. The zero-order chi connectivity index (χ0) is 12.1. The first-order chi connectivity index (χ1) is 8.33. The molecule has 1 aromatic heterocycles. The van der Waals surface area contributed by atoms with Gasteiger partial charge in [0.1, 0.15) is 6.33 Å². The van der Waals surface area contributed by atoms with E-state index in [0.29, 0.717) is 17.8 Å². The Morgan fingerprint density at radius 1 is 1.47 bits per heavy atom. The summed E-state index contributed by atoms with van der Waals surface area (Å²) in [5.74, 6) is -0.184. The molecule has 0 aliphatic heterocycles. The number of aromatic nitrogens is 4. The maximum absolute atomic E-state index is 11.9. The third kappa shape index (κ3) is 2.36. The van der Waals surface area contributed by atoms with Crippen molar-refractivity contribution in [2.45, 2.75) is 0 Å². The molecule has 0 fully saturated rings. The molecule has 6 nitrogen and oxygen atoms in total. The molecule has 0 unspecified atom stereocenters. The molecule has 0 radical (unpaired) electrons. The van der Waals surface area contributed by atoms with Gasteiger partial charge in [0.05, 0.1) is 11.3 Å². The van der Waals surface area contributed by atoms with Gasteiger partial charge in [-0.3, -0.25) is 4.79 Å². The normalized spacial score (nSPS) is 9.88. The van der Waals surface area contributed by atoms with Crippen molar-refractivity contribution in [2.75, 3.05) is 6.54 Å². The van der Waals surface area contributed by atoms with Gasteiger partial charge in [0.15, 0.2) is 0 Å². The van der Waals surface area contributed by atoms with E-state index in [2.05, 4.69) is 27.4 Å². The van der Waals surface area contributed by atoms with Crippen molar-refractivity contribution in [3.8, 4) is 5.69 Å². The third-order valence-electron chi connectivity index (χ3n) is 2.15. The lowest BCUT2D eigenvalue weighted by molar-refractivity contribution is 0.0958. The van der Waals surface area contributed by atoms with Crippen molar-refractivity contribution in [3.05, 3.63) is 48.8 Å². The minimum absolute atomic E-state index is 0.184. The maximum atomic E-state index is 11.9. The van der Waals surface area contributed by atoms with E-state index >= 15 is 0 Å². The fraction of sp³-hybridized carbons (Fsp3) is 0.0909. The average molecular weight is 229 g/mol. The molecule has 1 aromatic carbocycles. The first-order valence-electron chi connectivity index (χ1n) is 5.04. The number of nitrogens with one attached hydrogen (secondary N) is 1. The number of hydrogen-bond acceptors (Lipinski definition) is 4. The Labute approximate surface area is 98.0 Å². The predicted octanol–water partition coefficient (Wildman–Crippen LogP) is 0.578. The van der Waals surface area contributed by atoms with Crippen LogP contribution in [-0.4, -0.2) is 32.7 Å².